The zero-order valence-electron chi connectivity index (χ0n) is 26.4. The fourth-order valence-corrected chi connectivity index (χ4v) is 7.58. The number of hydrogen-bond acceptors (Lipinski definition) is 5. The van der Waals surface area contributed by atoms with Gasteiger partial charge < -0.3 is 15.0 Å². The van der Waals surface area contributed by atoms with E-state index in [0.29, 0.717) is 11.4 Å². The average Bonchev–Trinajstić information content (AvgIpc) is 3.10. The minimum atomic E-state index is -4.17. The molecule has 1 aliphatic carbocycles. The lowest BCUT2D eigenvalue weighted by Crippen LogP contribution is -2.55. The predicted molar refractivity (Wildman–Crippen MR) is 188 cm³/mol. The summed E-state index contributed by atoms with van der Waals surface area (Å²) in [5, 5.41) is 3.24. The third-order valence-electron chi connectivity index (χ3n) is 8.46. The first-order chi connectivity index (χ1) is 22.7. The maximum atomic E-state index is 14.6. The van der Waals surface area contributed by atoms with Crippen molar-refractivity contribution in [1.29, 1.82) is 0 Å². The van der Waals surface area contributed by atoms with Crippen LogP contribution in [-0.2, 0) is 32.6 Å². The highest BCUT2D eigenvalue weighted by molar-refractivity contribution is 9.10. The van der Waals surface area contributed by atoms with Crippen LogP contribution in [-0.4, -0.2) is 50.9 Å². The number of nitrogens with one attached hydrogen (secondary N) is 1. The molecule has 10 heteroatoms. The van der Waals surface area contributed by atoms with Crippen molar-refractivity contribution in [2.24, 2.45) is 0 Å². The maximum Gasteiger partial charge on any atom is 0.264 e. The van der Waals surface area contributed by atoms with Gasteiger partial charge in [-0.2, -0.15) is 0 Å². The van der Waals surface area contributed by atoms with E-state index in [1.807, 2.05) is 54.6 Å². The number of carbonyl (C=O) groups excluding carboxylic acids is 2. The molecule has 4 aromatic rings. The molecule has 0 aliphatic heterocycles. The molecule has 47 heavy (non-hydrogen) atoms. The second-order valence-corrected chi connectivity index (χ2v) is 14.5. The van der Waals surface area contributed by atoms with Crippen molar-refractivity contribution in [1.82, 2.24) is 10.2 Å². The molecule has 1 aliphatic rings. The number of hydrogen-bond donors (Lipinski definition) is 1. The number of anilines is 1. The summed E-state index contributed by atoms with van der Waals surface area (Å²) in [6.45, 7) is -0.397. The van der Waals surface area contributed by atoms with E-state index in [1.54, 1.807) is 42.5 Å². The highest BCUT2D eigenvalue weighted by atomic mass is 79.9. The van der Waals surface area contributed by atoms with Crippen molar-refractivity contribution in [3.63, 3.8) is 0 Å². The van der Waals surface area contributed by atoms with Crippen LogP contribution >= 0.6 is 15.9 Å². The first-order valence-corrected chi connectivity index (χ1v) is 18.1. The molecule has 0 spiro atoms. The molecule has 1 unspecified atom stereocenters. The van der Waals surface area contributed by atoms with Crippen LogP contribution in [0.15, 0.2) is 119 Å². The van der Waals surface area contributed by atoms with Crippen molar-refractivity contribution < 1.29 is 22.7 Å². The topological polar surface area (TPSA) is 96.0 Å². The summed E-state index contributed by atoms with van der Waals surface area (Å²) in [5.41, 5.74) is 2.01. The average molecular weight is 719 g/mol. The van der Waals surface area contributed by atoms with Gasteiger partial charge in [0.2, 0.25) is 11.8 Å². The first kappa shape index (κ1) is 34.2. The molecule has 1 fully saturated rings. The van der Waals surface area contributed by atoms with E-state index in [1.165, 1.54) is 24.1 Å². The molecule has 246 valence electrons. The Kier molecular flexibility index (Phi) is 11.7. The monoisotopic (exact) mass is 717 g/mol. The molecule has 5 rings (SSSR count). The number of methoxy groups -OCH3 is 1. The summed E-state index contributed by atoms with van der Waals surface area (Å²) >= 11 is 3.48. The van der Waals surface area contributed by atoms with Gasteiger partial charge in [0.25, 0.3) is 10.0 Å². The number of nitrogens with zero attached hydrogens (tertiary/aromatic N) is 2. The second-order valence-electron chi connectivity index (χ2n) is 11.7. The van der Waals surface area contributed by atoms with Crippen molar-refractivity contribution in [3.05, 3.63) is 125 Å². The van der Waals surface area contributed by atoms with Crippen LogP contribution in [0.3, 0.4) is 0 Å². The Morgan fingerprint density at radius 1 is 0.830 bits per heavy atom. The van der Waals surface area contributed by atoms with Gasteiger partial charge in [-0.15, -0.1) is 0 Å². The number of ether oxygens (including phenoxy) is 1. The molecule has 4 aromatic carbocycles. The molecular weight excluding hydrogens is 678 g/mol. The summed E-state index contributed by atoms with van der Waals surface area (Å²) in [6, 6.07) is 30.9. The molecule has 0 radical (unpaired) electrons. The summed E-state index contributed by atoms with van der Waals surface area (Å²) in [6.07, 6.45) is 5.30. The Balaban J connectivity index is 1.55. The van der Waals surface area contributed by atoms with E-state index in [-0.39, 0.29) is 29.8 Å². The molecular formula is C37H40BrN3O5S. The van der Waals surface area contributed by atoms with Gasteiger partial charge in [0.05, 0.1) is 17.7 Å². The van der Waals surface area contributed by atoms with Gasteiger partial charge >= 0.3 is 0 Å². The molecule has 1 atom stereocenters. The highest BCUT2D eigenvalue weighted by Crippen LogP contribution is 2.27. The number of halogens is 1. The van der Waals surface area contributed by atoms with E-state index >= 15 is 0 Å². The number of amides is 2. The van der Waals surface area contributed by atoms with Crippen LogP contribution in [0, 0.1) is 0 Å². The molecule has 8 nitrogen and oxygen atoms in total. The van der Waals surface area contributed by atoms with E-state index in [2.05, 4.69) is 21.2 Å². The Morgan fingerprint density at radius 3 is 2.06 bits per heavy atom. The number of rotatable bonds is 13. The van der Waals surface area contributed by atoms with E-state index in [0.717, 1.165) is 52.0 Å². The number of benzene rings is 4. The lowest BCUT2D eigenvalue weighted by atomic mass is 9.94. The van der Waals surface area contributed by atoms with E-state index < -0.39 is 28.5 Å². The summed E-state index contributed by atoms with van der Waals surface area (Å²) < 4.78 is 35.6. The third kappa shape index (κ3) is 9.02. The van der Waals surface area contributed by atoms with Gasteiger partial charge in [0.15, 0.2) is 0 Å². The predicted octanol–water partition coefficient (Wildman–Crippen LogP) is 6.74. The standard InChI is InChI=1S/C37H40BrN3O5S/c1-46-33-23-21-32(22-24-33)41(47(44,45)34-15-9-4-10-16-34)27-36(42)40(26-29-17-19-30(38)20-18-29)35(25-28-11-5-2-6-12-28)37(43)39-31-13-7-3-8-14-31/h2,4-6,9-12,15-24,31,35H,3,7-8,13-14,25-27H2,1H3,(H,39,43). The van der Waals surface area contributed by atoms with Crippen LogP contribution in [0.2, 0.25) is 0 Å². The van der Waals surface area contributed by atoms with Crippen LogP contribution in [0.5, 0.6) is 5.75 Å². The second kappa shape index (κ2) is 16.1. The SMILES string of the molecule is COc1ccc(N(CC(=O)N(Cc2ccc(Br)cc2)C(Cc2ccccc2)C(=O)NC2CCCCC2)S(=O)(=O)c2ccccc2)cc1. The molecule has 0 heterocycles. The van der Waals surface area contributed by atoms with Gasteiger partial charge in [-0.1, -0.05) is 95.9 Å². The lowest BCUT2D eigenvalue weighted by Gasteiger charge is -2.35. The fourth-order valence-electron chi connectivity index (χ4n) is 5.88. The normalized spacial score (nSPS) is 14.2. The zero-order chi connectivity index (χ0) is 33.2. The van der Waals surface area contributed by atoms with E-state index in [9.17, 15) is 18.0 Å². The molecule has 0 bridgehead atoms. The summed E-state index contributed by atoms with van der Waals surface area (Å²) in [4.78, 5) is 30.4. The van der Waals surface area contributed by atoms with Crippen molar-refractivity contribution in [2.45, 2.75) is 62.0 Å². The molecule has 0 saturated heterocycles. The Labute approximate surface area is 285 Å². The van der Waals surface area contributed by atoms with Crippen molar-refractivity contribution >= 4 is 43.5 Å². The van der Waals surface area contributed by atoms with Crippen LogP contribution in [0.1, 0.15) is 43.2 Å². The van der Waals surface area contributed by atoms with Gasteiger partial charge in [-0.25, -0.2) is 8.42 Å². The van der Waals surface area contributed by atoms with Crippen LogP contribution in [0.4, 0.5) is 5.69 Å². The summed E-state index contributed by atoms with van der Waals surface area (Å²) in [7, 11) is -2.64. The van der Waals surface area contributed by atoms with Gasteiger partial charge in [-0.3, -0.25) is 13.9 Å². The van der Waals surface area contributed by atoms with Gasteiger partial charge in [0.1, 0.15) is 18.3 Å². The Hall–Kier alpha value is -4.15. The minimum Gasteiger partial charge on any atom is -0.497 e. The number of sulfonamides is 1. The molecule has 1 saturated carbocycles. The van der Waals surface area contributed by atoms with Crippen molar-refractivity contribution in [2.75, 3.05) is 18.0 Å². The summed E-state index contributed by atoms with van der Waals surface area (Å²) in [5.74, 6) is -0.188. The lowest BCUT2D eigenvalue weighted by molar-refractivity contribution is -0.140. The van der Waals surface area contributed by atoms with Crippen molar-refractivity contribution in [3.8, 4) is 5.75 Å². The molecule has 2 amide bonds. The van der Waals surface area contributed by atoms with Gasteiger partial charge in [-0.05, 0) is 72.5 Å². The quantitative estimate of drug-likeness (QED) is 0.165. The van der Waals surface area contributed by atoms with E-state index in [4.69, 9.17) is 4.74 Å². The van der Waals surface area contributed by atoms with Crippen LogP contribution < -0.4 is 14.4 Å². The smallest absolute Gasteiger partial charge is 0.264 e. The number of carbonyl (C=O) groups is 2. The first-order valence-electron chi connectivity index (χ1n) is 15.8. The highest BCUT2D eigenvalue weighted by Gasteiger charge is 2.35. The Bertz CT molecular complexity index is 1710. The Morgan fingerprint density at radius 2 is 1.45 bits per heavy atom. The minimum absolute atomic E-state index is 0.0356. The van der Waals surface area contributed by atoms with Gasteiger partial charge in [0, 0.05) is 23.5 Å². The fraction of sp³-hybridized carbons (Fsp3) is 0.297. The zero-order valence-corrected chi connectivity index (χ0v) is 28.8. The largest absolute Gasteiger partial charge is 0.497 e. The maximum absolute atomic E-state index is 14.6. The third-order valence-corrected chi connectivity index (χ3v) is 10.8. The molecule has 1 N–H and O–H groups in total. The molecule has 0 aromatic heterocycles. The van der Waals surface area contributed by atoms with Crippen LogP contribution in [0.25, 0.3) is 0 Å².